The van der Waals surface area contributed by atoms with Gasteiger partial charge in [-0.3, -0.25) is 4.79 Å². The molecule has 0 aromatic heterocycles. The molecular weight excluding hydrogens is 140 g/mol. The minimum absolute atomic E-state index is 0. The zero-order valence-electron chi connectivity index (χ0n) is 5.53. The van der Waals surface area contributed by atoms with Gasteiger partial charge in [-0.2, -0.15) is 0 Å². The van der Waals surface area contributed by atoms with Crippen molar-refractivity contribution in [2.75, 3.05) is 0 Å². The maximum atomic E-state index is 9.00. The lowest BCUT2D eigenvalue weighted by atomic mass is 10.9. The molecule has 0 aliphatic heterocycles. The molecule has 0 heterocycles. The molecule has 7 heteroatoms. The summed E-state index contributed by atoms with van der Waals surface area (Å²) in [4.78, 5) is 9.00. The van der Waals surface area contributed by atoms with Crippen LogP contribution in [0.5, 0.6) is 0 Å². The lowest BCUT2D eigenvalue weighted by Gasteiger charge is -1.76. The quantitative estimate of drug-likeness (QED) is 0.129. The highest BCUT2D eigenvalue weighted by molar-refractivity contribution is 5.75. The lowest BCUT2D eigenvalue weighted by Crippen LogP contribution is -2.23. The molecule has 0 rings (SSSR count). The number of nitrogens with two attached hydrogens (primary N) is 3. The summed E-state index contributed by atoms with van der Waals surface area (Å²) in [6.45, 7) is 1.08. The Bertz CT molecular complexity index is 104. The van der Waals surface area contributed by atoms with Crippen LogP contribution in [0.25, 0.3) is 0 Å². The number of nitrogens with zero attached hydrogens (tertiary/aromatic N) is 1. The summed E-state index contributed by atoms with van der Waals surface area (Å²) in [7, 11) is 0. The topological polar surface area (TPSA) is 159 Å². The Morgan fingerprint density at radius 1 is 1.50 bits per heavy atom. The molecule has 0 spiro atoms. The summed E-state index contributed by atoms with van der Waals surface area (Å²) >= 11 is 0. The summed E-state index contributed by atoms with van der Waals surface area (Å²) in [6, 6.07) is 0. The van der Waals surface area contributed by atoms with Crippen LogP contribution in [0, 0.1) is 0 Å². The van der Waals surface area contributed by atoms with E-state index in [1.54, 1.807) is 0 Å². The number of hydrazone groups is 1. The van der Waals surface area contributed by atoms with Crippen molar-refractivity contribution in [3.8, 4) is 0 Å². The van der Waals surface area contributed by atoms with E-state index in [1.807, 2.05) is 0 Å². The van der Waals surface area contributed by atoms with Crippen LogP contribution in [-0.4, -0.2) is 22.5 Å². The average Bonchev–Trinajstić information content (AvgIpc) is 1.65. The first kappa shape index (κ1) is 15.8. The number of carboxylic acid groups (broad SMARTS) is 1. The van der Waals surface area contributed by atoms with E-state index in [2.05, 4.69) is 10.9 Å². The number of carboxylic acids is 1. The first-order chi connectivity index (χ1) is 4.00. The van der Waals surface area contributed by atoms with Gasteiger partial charge in [0.25, 0.3) is 5.97 Å². The van der Waals surface area contributed by atoms with E-state index in [0.717, 1.165) is 6.92 Å². The molecule has 0 fully saturated rings. The van der Waals surface area contributed by atoms with Gasteiger partial charge in [-0.1, -0.05) is 0 Å². The molecular formula is C3H12N4O3. The van der Waals surface area contributed by atoms with Gasteiger partial charge in [0.2, 0.25) is 5.96 Å². The summed E-state index contributed by atoms with van der Waals surface area (Å²) in [5.74, 6) is 3.58. The van der Waals surface area contributed by atoms with Gasteiger partial charge in [0, 0.05) is 6.92 Å². The van der Waals surface area contributed by atoms with Crippen molar-refractivity contribution in [3.63, 3.8) is 0 Å². The van der Waals surface area contributed by atoms with E-state index >= 15 is 0 Å². The van der Waals surface area contributed by atoms with Crippen LogP contribution in [0.2, 0.25) is 0 Å². The molecule has 0 saturated heterocycles. The van der Waals surface area contributed by atoms with Gasteiger partial charge in [-0.15, -0.1) is 5.10 Å². The second kappa shape index (κ2) is 10.5. The molecule has 62 valence electrons. The first-order valence-electron chi connectivity index (χ1n) is 1.99. The molecule has 0 bridgehead atoms. The Kier molecular flexibility index (Phi) is 16.6. The highest BCUT2D eigenvalue weighted by Crippen LogP contribution is 1.42. The third-order valence-electron chi connectivity index (χ3n) is 0.149. The molecule has 0 aliphatic carbocycles. The third kappa shape index (κ3) is 786. The van der Waals surface area contributed by atoms with Crippen LogP contribution in [0.15, 0.2) is 5.10 Å². The van der Waals surface area contributed by atoms with E-state index in [-0.39, 0.29) is 11.4 Å². The van der Waals surface area contributed by atoms with Crippen LogP contribution in [-0.2, 0) is 4.79 Å². The molecule has 0 aromatic carbocycles. The highest BCUT2D eigenvalue weighted by atomic mass is 16.4. The minimum Gasteiger partial charge on any atom is -0.481 e. The number of hydrogen-bond donors (Lipinski definition) is 4. The Morgan fingerprint density at radius 3 is 1.60 bits per heavy atom. The summed E-state index contributed by atoms with van der Waals surface area (Å²) < 4.78 is 0. The smallest absolute Gasteiger partial charge is 0.300 e. The maximum absolute atomic E-state index is 9.00. The normalized spacial score (nSPS) is 5.70. The van der Waals surface area contributed by atoms with Gasteiger partial charge in [0.05, 0.1) is 0 Å². The number of hydrogen-bond acceptors (Lipinski definition) is 3. The Labute approximate surface area is 57.8 Å². The van der Waals surface area contributed by atoms with Crippen molar-refractivity contribution < 1.29 is 15.4 Å². The van der Waals surface area contributed by atoms with Gasteiger partial charge < -0.3 is 27.9 Å². The summed E-state index contributed by atoms with van der Waals surface area (Å²) in [5, 5.41) is 10.3. The van der Waals surface area contributed by atoms with Crippen molar-refractivity contribution in [3.05, 3.63) is 0 Å². The van der Waals surface area contributed by atoms with E-state index < -0.39 is 5.97 Å². The molecule has 0 unspecified atom stereocenters. The Morgan fingerprint density at radius 2 is 1.60 bits per heavy atom. The van der Waals surface area contributed by atoms with E-state index in [9.17, 15) is 0 Å². The summed E-state index contributed by atoms with van der Waals surface area (Å²) in [5.41, 5.74) is 9.39. The minimum atomic E-state index is -0.833. The second-order valence-corrected chi connectivity index (χ2v) is 1.07. The maximum Gasteiger partial charge on any atom is 0.300 e. The van der Waals surface area contributed by atoms with Crippen molar-refractivity contribution >= 4 is 11.9 Å². The van der Waals surface area contributed by atoms with Crippen LogP contribution < -0.4 is 17.3 Å². The number of rotatable bonds is 0. The van der Waals surface area contributed by atoms with Gasteiger partial charge in [0.1, 0.15) is 0 Å². The molecule has 0 aromatic rings. The molecule has 0 saturated carbocycles. The largest absolute Gasteiger partial charge is 0.481 e. The monoisotopic (exact) mass is 152 g/mol. The second-order valence-electron chi connectivity index (χ2n) is 1.07. The molecule has 0 amide bonds. The van der Waals surface area contributed by atoms with Gasteiger partial charge >= 0.3 is 0 Å². The van der Waals surface area contributed by atoms with Gasteiger partial charge in [-0.05, 0) is 0 Å². The Balaban J connectivity index is -0.0000000910. The van der Waals surface area contributed by atoms with E-state index in [0.29, 0.717) is 0 Å². The zero-order valence-corrected chi connectivity index (χ0v) is 5.53. The predicted octanol–water partition coefficient (Wildman–Crippen LogP) is -2.60. The SMILES string of the molecule is CC(=O)O.NN=C(N)N.O. The van der Waals surface area contributed by atoms with Gasteiger partial charge in [-0.25, -0.2) is 0 Å². The first-order valence-corrected chi connectivity index (χ1v) is 1.99. The molecule has 0 aliphatic rings. The lowest BCUT2D eigenvalue weighted by molar-refractivity contribution is -0.134. The zero-order chi connectivity index (χ0) is 7.86. The molecule has 10 heavy (non-hydrogen) atoms. The molecule has 0 radical (unpaired) electrons. The van der Waals surface area contributed by atoms with Crippen molar-refractivity contribution in [1.82, 2.24) is 0 Å². The van der Waals surface area contributed by atoms with Crippen LogP contribution in [0.1, 0.15) is 6.92 Å². The molecule has 9 N–H and O–H groups in total. The molecule has 7 nitrogen and oxygen atoms in total. The van der Waals surface area contributed by atoms with Crippen LogP contribution >= 0.6 is 0 Å². The number of aliphatic carboxylic acids is 1. The fraction of sp³-hybridized carbons (Fsp3) is 0.333. The summed E-state index contributed by atoms with van der Waals surface area (Å²) in [6.07, 6.45) is 0. The van der Waals surface area contributed by atoms with Crippen molar-refractivity contribution in [1.29, 1.82) is 0 Å². The third-order valence-corrected chi connectivity index (χ3v) is 0.149. The van der Waals surface area contributed by atoms with Crippen molar-refractivity contribution in [2.24, 2.45) is 22.4 Å². The standard InChI is InChI=1S/C2H4O2.CH6N4.H2O/c1-2(3)4;2-1(3)5-4;/h1H3,(H,3,4);4H2,(H4,2,3,5);1H2. The van der Waals surface area contributed by atoms with E-state index in [4.69, 9.17) is 21.4 Å². The van der Waals surface area contributed by atoms with Crippen LogP contribution in [0.4, 0.5) is 0 Å². The predicted molar refractivity (Wildman–Crippen MR) is 36.9 cm³/mol. The van der Waals surface area contributed by atoms with Gasteiger partial charge in [0.15, 0.2) is 0 Å². The highest BCUT2D eigenvalue weighted by Gasteiger charge is 1.65. The fourth-order valence-corrected chi connectivity index (χ4v) is 0. The number of carbonyl (C=O) groups is 1. The average molecular weight is 152 g/mol. The fourth-order valence-electron chi connectivity index (χ4n) is 0. The van der Waals surface area contributed by atoms with E-state index in [1.165, 1.54) is 0 Å². The van der Waals surface area contributed by atoms with Crippen molar-refractivity contribution in [2.45, 2.75) is 6.92 Å². The number of guanidine groups is 1. The molecule has 0 atom stereocenters. The Hall–Kier alpha value is -1.50. The van der Waals surface area contributed by atoms with Crippen LogP contribution in [0.3, 0.4) is 0 Å².